The lowest BCUT2D eigenvalue weighted by molar-refractivity contribution is -0.0537. The Balaban J connectivity index is 1.57. The maximum atomic E-state index is 10.7. The molecule has 2 aliphatic rings. The van der Waals surface area contributed by atoms with Crippen molar-refractivity contribution in [3.05, 3.63) is 29.6 Å². The van der Waals surface area contributed by atoms with Gasteiger partial charge in [-0.2, -0.15) is 0 Å². The first-order valence-electron chi connectivity index (χ1n) is 11.2. The second-order valence-corrected chi connectivity index (χ2v) is 9.14. The molecule has 1 fully saturated rings. The molecule has 1 atom stereocenters. The van der Waals surface area contributed by atoms with Gasteiger partial charge in [0.25, 0.3) is 0 Å². The van der Waals surface area contributed by atoms with E-state index >= 15 is 0 Å². The number of rotatable bonds is 8. The standard InChI is InChI=1S/C23H33N5O4/c1-23(2,30)15-32-16-7-8-24-19(13-16)21-25-18-6-4-5-17(18)22(26-21)27(3)14-20(29)28-9-11-31-12-10-28/h7-8,13,20,29-30H,4-6,9-12,14-15H2,1-3H3. The Kier molecular flexibility index (Phi) is 6.90. The van der Waals surface area contributed by atoms with E-state index in [4.69, 9.17) is 19.4 Å². The normalized spacial score (nSPS) is 17.8. The van der Waals surface area contributed by atoms with Crippen molar-refractivity contribution < 1.29 is 19.7 Å². The smallest absolute Gasteiger partial charge is 0.180 e. The second-order valence-electron chi connectivity index (χ2n) is 9.14. The second kappa shape index (κ2) is 9.66. The van der Waals surface area contributed by atoms with E-state index in [2.05, 4.69) is 4.98 Å². The largest absolute Gasteiger partial charge is 0.490 e. The number of likely N-dealkylation sites (N-methyl/N-ethyl adjacent to an activating group) is 1. The summed E-state index contributed by atoms with van der Waals surface area (Å²) in [5.41, 5.74) is 1.89. The van der Waals surface area contributed by atoms with Gasteiger partial charge in [-0.25, -0.2) is 9.97 Å². The van der Waals surface area contributed by atoms with Crippen LogP contribution in [0.15, 0.2) is 18.3 Å². The summed E-state index contributed by atoms with van der Waals surface area (Å²) in [4.78, 5) is 18.2. The number of aliphatic hydroxyl groups excluding tert-OH is 1. The van der Waals surface area contributed by atoms with Crippen LogP contribution in [0.4, 0.5) is 5.82 Å². The van der Waals surface area contributed by atoms with Crippen molar-refractivity contribution in [2.75, 3.05) is 51.4 Å². The number of nitrogens with zero attached hydrogens (tertiary/aromatic N) is 5. The molecule has 9 heteroatoms. The van der Waals surface area contributed by atoms with Crippen LogP contribution < -0.4 is 9.64 Å². The zero-order valence-corrected chi connectivity index (χ0v) is 19.1. The topological polar surface area (TPSA) is 104 Å². The van der Waals surface area contributed by atoms with E-state index in [-0.39, 0.29) is 6.61 Å². The number of morpholine rings is 1. The maximum absolute atomic E-state index is 10.7. The Hall–Kier alpha value is -2.33. The Morgan fingerprint density at radius 2 is 2.03 bits per heavy atom. The monoisotopic (exact) mass is 443 g/mol. The molecule has 32 heavy (non-hydrogen) atoms. The molecule has 2 aromatic rings. The Morgan fingerprint density at radius 1 is 1.25 bits per heavy atom. The molecule has 3 heterocycles. The number of anilines is 1. The molecule has 1 aliphatic heterocycles. The molecule has 0 radical (unpaired) electrons. The molecular weight excluding hydrogens is 410 g/mol. The van der Waals surface area contributed by atoms with E-state index in [9.17, 15) is 10.2 Å². The average molecular weight is 444 g/mol. The molecule has 9 nitrogen and oxygen atoms in total. The van der Waals surface area contributed by atoms with Crippen LogP contribution in [-0.4, -0.2) is 88.4 Å². The van der Waals surface area contributed by atoms with Crippen molar-refractivity contribution in [1.29, 1.82) is 0 Å². The summed E-state index contributed by atoms with van der Waals surface area (Å²) in [6, 6.07) is 3.56. The minimum atomic E-state index is -0.926. The van der Waals surface area contributed by atoms with Crippen molar-refractivity contribution in [1.82, 2.24) is 19.9 Å². The number of aromatic nitrogens is 3. The number of hydrogen-bond donors (Lipinski definition) is 2. The highest BCUT2D eigenvalue weighted by Gasteiger charge is 2.26. The molecule has 2 aromatic heterocycles. The van der Waals surface area contributed by atoms with Gasteiger partial charge in [0, 0.05) is 43.7 Å². The molecule has 2 N–H and O–H groups in total. The quantitative estimate of drug-likeness (QED) is 0.624. The van der Waals surface area contributed by atoms with Crippen molar-refractivity contribution in [3.8, 4) is 17.3 Å². The molecule has 1 saturated heterocycles. The molecule has 0 spiro atoms. The number of aryl methyl sites for hydroxylation is 1. The van der Waals surface area contributed by atoms with Gasteiger partial charge in [-0.1, -0.05) is 0 Å². The lowest BCUT2D eigenvalue weighted by Gasteiger charge is -2.34. The highest BCUT2D eigenvalue weighted by atomic mass is 16.5. The lowest BCUT2D eigenvalue weighted by Crippen LogP contribution is -2.48. The molecular formula is C23H33N5O4. The fourth-order valence-electron chi connectivity index (χ4n) is 4.05. The molecule has 0 bridgehead atoms. The van der Waals surface area contributed by atoms with Crippen LogP contribution in [0.3, 0.4) is 0 Å². The van der Waals surface area contributed by atoms with E-state index in [0.29, 0.717) is 37.0 Å². The fourth-order valence-corrected chi connectivity index (χ4v) is 4.05. The molecule has 0 aromatic carbocycles. The van der Waals surface area contributed by atoms with Crippen LogP contribution in [0, 0.1) is 0 Å². The minimum absolute atomic E-state index is 0.176. The van der Waals surface area contributed by atoms with Crippen LogP contribution in [-0.2, 0) is 17.6 Å². The number of ether oxygens (including phenoxy) is 2. The van der Waals surface area contributed by atoms with Crippen molar-refractivity contribution in [2.45, 2.75) is 44.9 Å². The maximum Gasteiger partial charge on any atom is 0.180 e. The third-order valence-corrected chi connectivity index (χ3v) is 5.73. The summed E-state index contributed by atoms with van der Waals surface area (Å²) in [6.45, 7) is 6.77. The van der Waals surface area contributed by atoms with Gasteiger partial charge in [0.15, 0.2) is 5.82 Å². The first-order chi connectivity index (χ1) is 15.3. The Labute approximate surface area is 189 Å². The van der Waals surface area contributed by atoms with Gasteiger partial charge >= 0.3 is 0 Å². The van der Waals surface area contributed by atoms with Gasteiger partial charge in [0.1, 0.15) is 30.1 Å². The van der Waals surface area contributed by atoms with Crippen LogP contribution >= 0.6 is 0 Å². The van der Waals surface area contributed by atoms with Crippen molar-refractivity contribution in [2.24, 2.45) is 0 Å². The molecule has 1 unspecified atom stereocenters. The van der Waals surface area contributed by atoms with E-state index in [1.807, 2.05) is 16.8 Å². The lowest BCUT2D eigenvalue weighted by atomic mass is 10.2. The van der Waals surface area contributed by atoms with Gasteiger partial charge < -0.3 is 24.6 Å². The zero-order valence-electron chi connectivity index (χ0n) is 19.1. The molecule has 0 saturated carbocycles. The third-order valence-electron chi connectivity index (χ3n) is 5.73. The van der Waals surface area contributed by atoms with Gasteiger partial charge in [-0.15, -0.1) is 0 Å². The summed E-state index contributed by atoms with van der Waals surface area (Å²) in [5, 5.41) is 20.7. The van der Waals surface area contributed by atoms with Gasteiger partial charge in [-0.3, -0.25) is 9.88 Å². The number of aliphatic hydroxyl groups is 2. The van der Waals surface area contributed by atoms with Crippen LogP contribution in [0.1, 0.15) is 31.5 Å². The summed E-state index contributed by atoms with van der Waals surface area (Å²) in [6.07, 6.45) is 3.97. The van der Waals surface area contributed by atoms with Crippen LogP contribution in [0.5, 0.6) is 5.75 Å². The highest BCUT2D eigenvalue weighted by molar-refractivity contribution is 5.59. The summed E-state index contributed by atoms with van der Waals surface area (Å²) < 4.78 is 11.1. The average Bonchev–Trinajstić information content (AvgIpc) is 3.26. The van der Waals surface area contributed by atoms with E-state index in [1.54, 1.807) is 32.2 Å². The molecule has 0 amide bonds. The molecule has 1 aliphatic carbocycles. The first-order valence-corrected chi connectivity index (χ1v) is 11.2. The fraction of sp³-hybridized carbons (Fsp3) is 0.609. The SMILES string of the molecule is CN(CC(O)N1CCOCC1)c1nc(-c2cc(OCC(C)(C)O)ccn2)nc2c1CCC2. The van der Waals surface area contributed by atoms with E-state index in [0.717, 1.165) is 49.4 Å². The predicted molar refractivity (Wildman–Crippen MR) is 121 cm³/mol. The molecule has 4 rings (SSSR count). The van der Waals surface area contributed by atoms with Gasteiger partial charge in [0.2, 0.25) is 0 Å². The van der Waals surface area contributed by atoms with E-state index in [1.165, 1.54) is 0 Å². The summed E-state index contributed by atoms with van der Waals surface area (Å²) in [7, 11) is 1.96. The molecule has 174 valence electrons. The Bertz CT molecular complexity index is 927. The van der Waals surface area contributed by atoms with Crippen molar-refractivity contribution >= 4 is 5.82 Å². The zero-order chi connectivity index (χ0) is 22.7. The van der Waals surface area contributed by atoms with Gasteiger partial charge in [0.05, 0.1) is 25.4 Å². The predicted octanol–water partition coefficient (Wildman–Crippen LogP) is 1.26. The van der Waals surface area contributed by atoms with Crippen LogP contribution in [0.25, 0.3) is 11.5 Å². The summed E-state index contributed by atoms with van der Waals surface area (Å²) >= 11 is 0. The first kappa shape index (κ1) is 22.8. The highest BCUT2D eigenvalue weighted by Crippen LogP contribution is 2.31. The van der Waals surface area contributed by atoms with E-state index < -0.39 is 11.8 Å². The Morgan fingerprint density at radius 3 is 2.78 bits per heavy atom. The minimum Gasteiger partial charge on any atom is -0.490 e. The van der Waals surface area contributed by atoms with Crippen molar-refractivity contribution in [3.63, 3.8) is 0 Å². The number of pyridine rings is 1. The third kappa shape index (κ3) is 5.53. The van der Waals surface area contributed by atoms with Gasteiger partial charge in [-0.05, 0) is 39.2 Å². The number of fused-ring (bicyclic) bond motifs is 1. The van der Waals surface area contributed by atoms with Crippen LogP contribution in [0.2, 0.25) is 0 Å². The number of hydrogen-bond acceptors (Lipinski definition) is 9. The summed E-state index contributed by atoms with van der Waals surface area (Å²) in [5.74, 6) is 2.00.